The molecule has 0 aliphatic carbocycles. The lowest BCUT2D eigenvalue weighted by molar-refractivity contribution is -0.0792. The summed E-state index contributed by atoms with van der Waals surface area (Å²) in [6, 6.07) is 0. The average Bonchev–Trinajstić information content (AvgIpc) is 2.35. The monoisotopic (exact) mass is 257 g/mol. The van der Waals surface area contributed by atoms with E-state index >= 15 is 0 Å². The Morgan fingerprint density at radius 1 is 1.06 bits per heavy atom. The van der Waals surface area contributed by atoms with Crippen LogP contribution in [0.25, 0.3) is 0 Å². The number of unbranched alkanes of at least 4 members (excludes halogenated alkanes) is 3. The Labute approximate surface area is 115 Å². The number of nitrogens with one attached hydrogen (secondary N) is 1. The fourth-order valence-corrected chi connectivity index (χ4v) is 2.18. The van der Waals surface area contributed by atoms with Crippen molar-refractivity contribution in [1.82, 2.24) is 5.32 Å². The van der Waals surface area contributed by atoms with Gasteiger partial charge in [-0.2, -0.15) is 0 Å². The van der Waals surface area contributed by atoms with Gasteiger partial charge in [-0.3, -0.25) is 0 Å². The van der Waals surface area contributed by atoms with Gasteiger partial charge < -0.3 is 10.1 Å². The average molecular weight is 257 g/mol. The van der Waals surface area contributed by atoms with E-state index in [9.17, 15) is 0 Å². The van der Waals surface area contributed by atoms with Gasteiger partial charge in [-0.15, -0.1) is 0 Å². The van der Waals surface area contributed by atoms with Crippen molar-refractivity contribution in [2.45, 2.75) is 91.3 Å². The van der Waals surface area contributed by atoms with E-state index in [1.54, 1.807) is 0 Å². The molecule has 0 fully saturated rings. The van der Waals surface area contributed by atoms with Crippen molar-refractivity contribution in [2.24, 2.45) is 0 Å². The standard InChI is InChI=1S/C16H35NO/c1-6-9-10-11-12-15(4)18-16(5,8-3)14-17-13-7-2/h15,17H,6-14H2,1-5H3. The number of hydrogen-bond donors (Lipinski definition) is 1. The van der Waals surface area contributed by atoms with Gasteiger partial charge in [0.15, 0.2) is 0 Å². The molecular weight excluding hydrogens is 222 g/mol. The van der Waals surface area contributed by atoms with Crippen LogP contribution in [0.5, 0.6) is 0 Å². The highest BCUT2D eigenvalue weighted by Gasteiger charge is 2.24. The van der Waals surface area contributed by atoms with E-state index in [-0.39, 0.29) is 5.60 Å². The predicted molar refractivity (Wildman–Crippen MR) is 81.2 cm³/mol. The highest BCUT2D eigenvalue weighted by atomic mass is 16.5. The molecule has 0 aromatic heterocycles. The van der Waals surface area contributed by atoms with Gasteiger partial charge in [0.1, 0.15) is 0 Å². The van der Waals surface area contributed by atoms with E-state index < -0.39 is 0 Å². The van der Waals surface area contributed by atoms with Crippen LogP contribution in [0.1, 0.15) is 79.6 Å². The molecule has 0 bridgehead atoms. The minimum atomic E-state index is -0.000652. The molecule has 0 amide bonds. The zero-order valence-electron chi connectivity index (χ0n) is 13.3. The second kappa shape index (κ2) is 10.8. The second-order valence-electron chi connectivity index (χ2n) is 5.76. The predicted octanol–water partition coefficient (Wildman–Crippen LogP) is 4.53. The van der Waals surface area contributed by atoms with E-state index in [4.69, 9.17) is 4.74 Å². The van der Waals surface area contributed by atoms with Crippen molar-refractivity contribution in [3.8, 4) is 0 Å². The first kappa shape index (κ1) is 17.9. The zero-order chi connectivity index (χ0) is 13.9. The Morgan fingerprint density at radius 2 is 1.78 bits per heavy atom. The summed E-state index contributed by atoms with van der Waals surface area (Å²) in [5, 5.41) is 3.48. The molecule has 0 aliphatic heterocycles. The van der Waals surface area contributed by atoms with Crippen LogP contribution in [-0.4, -0.2) is 24.8 Å². The van der Waals surface area contributed by atoms with Crippen LogP contribution in [-0.2, 0) is 4.74 Å². The number of ether oxygens (including phenoxy) is 1. The van der Waals surface area contributed by atoms with Crippen molar-refractivity contribution in [3.63, 3.8) is 0 Å². The maximum atomic E-state index is 6.25. The second-order valence-corrected chi connectivity index (χ2v) is 5.76. The Hall–Kier alpha value is -0.0800. The molecule has 0 aliphatic rings. The van der Waals surface area contributed by atoms with Crippen molar-refractivity contribution >= 4 is 0 Å². The fraction of sp³-hybridized carbons (Fsp3) is 1.00. The van der Waals surface area contributed by atoms with Gasteiger partial charge in [-0.1, -0.05) is 46.5 Å². The molecule has 0 radical (unpaired) electrons. The maximum absolute atomic E-state index is 6.25. The van der Waals surface area contributed by atoms with Gasteiger partial charge >= 0.3 is 0 Å². The molecule has 0 saturated heterocycles. The van der Waals surface area contributed by atoms with E-state index in [1.807, 2.05) is 0 Å². The first-order valence-corrected chi connectivity index (χ1v) is 7.96. The molecule has 0 rings (SSSR count). The van der Waals surface area contributed by atoms with E-state index in [0.717, 1.165) is 19.5 Å². The Morgan fingerprint density at radius 3 is 2.33 bits per heavy atom. The molecule has 2 nitrogen and oxygen atoms in total. The highest BCUT2D eigenvalue weighted by molar-refractivity contribution is 4.77. The summed E-state index contributed by atoms with van der Waals surface area (Å²) in [5.41, 5.74) is -0.000652. The van der Waals surface area contributed by atoms with E-state index in [2.05, 4.69) is 39.9 Å². The van der Waals surface area contributed by atoms with Gasteiger partial charge in [0.2, 0.25) is 0 Å². The number of rotatable bonds is 12. The summed E-state index contributed by atoms with van der Waals surface area (Å²) in [4.78, 5) is 0. The third-order valence-electron chi connectivity index (χ3n) is 3.62. The summed E-state index contributed by atoms with van der Waals surface area (Å²) in [5.74, 6) is 0. The Kier molecular flexibility index (Phi) is 10.8. The van der Waals surface area contributed by atoms with Gasteiger partial charge in [-0.25, -0.2) is 0 Å². The first-order chi connectivity index (χ1) is 8.58. The smallest absolute Gasteiger partial charge is 0.0779 e. The van der Waals surface area contributed by atoms with Gasteiger partial charge in [0.25, 0.3) is 0 Å². The zero-order valence-corrected chi connectivity index (χ0v) is 13.3. The van der Waals surface area contributed by atoms with Gasteiger partial charge in [0.05, 0.1) is 11.7 Å². The SMILES string of the molecule is CCCCCCC(C)OC(C)(CC)CNCCC. The molecule has 0 aromatic rings. The highest BCUT2D eigenvalue weighted by Crippen LogP contribution is 2.19. The topological polar surface area (TPSA) is 21.3 Å². The molecule has 18 heavy (non-hydrogen) atoms. The van der Waals surface area contributed by atoms with Crippen molar-refractivity contribution < 1.29 is 4.74 Å². The summed E-state index contributed by atoms with van der Waals surface area (Å²) in [7, 11) is 0. The molecule has 0 spiro atoms. The molecule has 1 N–H and O–H groups in total. The molecular formula is C16H35NO. The molecule has 2 atom stereocenters. The minimum absolute atomic E-state index is 0.000652. The van der Waals surface area contributed by atoms with E-state index in [1.165, 1.54) is 38.5 Å². The summed E-state index contributed by atoms with van der Waals surface area (Å²) >= 11 is 0. The van der Waals surface area contributed by atoms with E-state index in [0.29, 0.717) is 6.10 Å². The third kappa shape index (κ3) is 8.93. The van der Waals surface area contributed by atoms with Crippen LogP contribution in [0.3, 0.4) is 0 Å². The maximum Gasteiger partial charge on any atom is 0.0779 e. The van der Waals surface area contributed by atoms with Crippen LogP contribution < -0.4 is 5.32 Å². The van der Waals surface area contributed by atoms with Gasteiger partial charge in [-0.05, 0) is 39.7 Å². The summed E-state index contributed by atoms with van der Waals surface area (Å²) in [6.07, 6.45) is 9.16. The fourth-order valence-electron chi connectivity index (χ4n) is 2.18. The van der Waals surface area contributed by atoms with Crippen LogP contribution in [0.4, 0.5) is 0 Å². The lowest BCUT2D eigenvalue weighted by atomic mass is 10.0. The summed E-state index contributed by atoms with van der Waals surface area (Å²) in [6.45, 7) is 13.2. The summed E-state index contributed by atoms with van der Waals surface area (Å²) < 4.78 is 6.25. The van der Waals surface area contributed by atoms with Crippen molar-refractivity contribution in [2.75, 3.05) is 13.1 Å². The normalized spacial score (nSPS) is 16.5. The van der Waals surface area contributed by atoms with Crippen LogP contribution in [0.15, 0.2) is 0 Å². The third-order valence-corrected chi connectivity index (χ3v) is 3.62. The first-order valence-electron chi connectivity index (χ1n) is 7.96. The quantitative estimate of drug-likeness (QED) is 0.519. The molecule has 0 saturated carbocycles. The Balaban J connectivity index is 3.85. The van der Waals surface area contributed by atoms with Crippen LogP contribution in [0, 0.1) is 0 Å². The Bertz CT molecular complexity index is 184. The lowest BCUT2D eigenvalue weighted by Gasteiger charge is -2.32. The van der Waals surface area contributed by atoms with Crippen molar-refractivity contribution in [1.29, 1.82) is 0 Å². The molecule has 2 heteroatoms. The molecule has 0 heterocycles. The van der Waals surface area contributed by atoms with Crippen LogP contribution >= 0.6 is 0 Å². The lowest BCUT2D eigenvalue weighted by Crippen LogP contribution is -2.42. The van der Waals surface area contributed by atoms with Gasteiger partial charge in [0, 0.05) is 6.54 Å². The minimum Gasteiger partial charge on any atom is -0.371 e. The molecule has 110 valence electrons. The van der Waals surface area contributed by atoms with Crippen LogP contribution in [0.2, 0.25) is 0 Å². The largest absolute Gasteiger partial charge is 0.371 e. The molecule has 2 unspecified atom stereocenters. The molecule has 0 aromatic carbocycles. The number of hydrogen-bond acceptors (Lipinski definition) is 2. The van der Waals surface area contributed by atoms with Crippen molar-refractivity contribution in [3.05, 3.63) is 0 Å².